The molecule has 0 saturated heterocycles. The molecule has 30 heavy (non-hydrogen) atoms. The van der Waals surface area contributed by atoms with Crippen molar-refractivity contribution in [2.45, 2.75) is 6.61 Å². The Balaban J connectivity index is 2.26. The standard InChI is InChI=1S/C21H20F2N4O3/c1-29-18(13-26-15-9-5-6-10-17(15)30-21(22)23)20(28)19(25)16(11-12-24)27-14-7-3-2-4-8-14/h2-13,21,25-26H,24H2,1H3/b12-11?,18-13+,25-19?,27-16?. The average Bonchev–Trinajstić information content (AvgIpc) is 2.74. The zero-order valence-corrected chi connectivity index (χ0v) is 16.0. The molecule has 0 aromatic heterocycles. The number of rotatable bonds is 10. The number of ether oxygens (including phenoxy) is 2. The van der Waals surface area contributed by atoms with E-state index in [1.807, 2.05) is 0 Å². The van der Waals surface area contributed by atoms with Crippen molar-refractivity contribution in [2.75, 3.05) is 12.4 Å². The van der Waals surface area contributed by atoms with Crippen LogP contribution in [-0.2, 0) is 9.53 Å². The molecule has 0 radical (unpaired) electrons. The maximum atomic E-state index is 12.7. The minimum Gasteiger partial charge on any atom is -0.491 e. The van der Waals surface area contributed by atoms with Gasteiger partial charge in [0, 0.05) is 6.20 Å². The summed E-state index contributed by atoms with van der Waals surface area (Å²) in [6.07, 6.45) is 3.63. The molecule has 0 atom stereocenters. The van der Waals surface area contributed by atoms with E-state index in [2.05, 4.69) is 15.0 Å². The van der Waals surface area contributed by atoms with E-state index in [1.165, 1.54) is 31.4 Å². The van der Waals surface area contributed by atoms with E-state index in [-0.39, 0.29) is 22.9 Å². The van der Waals surface area contributed by atoms with Crippen molar-refractivity contribution in [3.63, 3.8) is 0 Å². The number of halogens is 2. The van der Waals surface area contributed by atoms with Crippen LogP contribution in [-0.4, -0.2) is 30.9 Å². The quantitative estimate of drug-likeness (QED) is 0.309. The predicted octanol–water partition coefficient (Wildman–Crippen LogP) is 4.02. The third-order valence-corrected chi connectivity index (χ3v) is 3.65. The van der Waals surface area contributed by atoms with E-state index in [9.17, 15) is 13.6 Å². The van der Waals surface area contributed by atoms with Crippen molar-refractivity contribution >= 4 is 28.6 Å². The Kier molecular flexibility index (Phi) is 8.25. The SMILES string of the molecule is CO/C(=C/Nc1ccccc1OC(F)F)C(=O)C(=N)C(C=CN)=Nc1ccccc1. The minimum atomic E-state index is -3.01. The number of nitrogens with zero attached hydrogens (tertiary/aromatic N) is 1. The van der Waals surface area contributed by atoms with Gasteiger partial charge < -0.3 is 20.5 Å². The number of alkyl halides is 2. The first-order valence-corrected chi connectivity index (χ1v) is 8.66. The molecule has 9 heteroatoms. The van der Waals surface area contributed by atoms with Gasteiger partial charge in [-0.2, -0.15) is 8.78 Å². The fraction of sp³-hybridized carbons (Fsp3) is 0.0952. The summed E-state index contributed by atoms with van der Waals surface area (Å²) in [6, 6.07) is 14.7. The van der Waals surface area contributed by atoms with Gasteiger partial charge in [0.15, 0.2) is 5.76 Å². The Bertz CT molecular complexity index is 973. The number of aliphatic imine (C=N–C) groups is 1. The molecule has 4 N–H and O–H groups in total. The van der Waals surface area contributed by atoms with E-state index in [4.69, 9.17) is 15.9 Å². The Morgan fingerprint density at radius 2 is 1.83 bits per heavy atom. The van der Waals surface area contributed by atoms with E-state index >= 15 is 0 Å². The summed E-state index contributed by atoms with van der Waals surface area (Å²) in [5.41, 5.74) is 5.70. The van der Waals surface area contributed by atoms with Gasteiger partial charge in [0.05, 0.1) is 24.2 Å². The molecule has 0 unspecified atom stereocenters. The minimum absolute atomic E-state index is 0.0260. The smallest absolute Gasteiger partial charge is 0.387 e. The number of hydrogen-bond acceptors (Lipinski definition) is 7. The Hall–Kier alpha value is -4.01. The molecule has 0 amide bonds. The molecule has 156 valence electrons. The molecule has 2 aromatic rings. The molecule has 0 aliphatic carbocycles. The molecule has 0 bridgehead atoms. The summed E-state index contributed by atoms with van der Waals surface area (Å²) in [5, 5.41) is 10.9. The van der Waals surface area contributed by atoms with Gasteiger partial charge in [0.25, 0.3) is 0 Å². The van der Waals surface area contributed by atoms with Gasteiger partial charge in [-0.25, -0.2) is 4.99 Å². The summed E-state index contributed by atoms with van der Waals surface area (Å²) in [6.45, 7) is -3.01. The zero-order valence-electron chi connectivity index (χ0n) is 16.0. The van der Waals surface area contributed by atoms with E-state index in [1.54, 1.807) is 36.4 Å². The third kappa shape index (κ3) is 6.26. The van der Waals surface area contributed by atoms with Crippen LogP contribution in [0.3, 0.4) is 0 Å². The van der Waals surface area contributed by atoms with Crippen molar-refractivity contribution in [2.24, 2.45) is 10.7 Å². The molecule has 0 aliphatic heterocycles. The maximum absolute atomic E-state index is 12.7. The van der Waals surface area contributed by atoms with Crippen LogP contribution in [0.4, 0.5) is 20.2 Å². The zero-order chi connectivity index (χ0) is 21.9. The van der Waals surface area contributed by atoms with Gasteiger partial charge in [0.2, 0.25) is 5.78 Å². The van der Waals surface area contributed by atoms with Crippen LogP contribution in [0, 0.1) is 5.41 Å². The number of nitrogens with two attached hydrogens (primary N) is 1. The van der Waals surface area contributed by atoms with Gasteiger partial charge in [0.1, 0.15) is 11.5 Å². The first-order chi connectivity index (χ1) is 14.5. The summed E-state index contributed by atoms with van der Waals surface area (Å²) in [4.78, 5) is 16.9. The summed E-state index contributed by atoms with van der Waals surface area (Å²) >= 11 is 0. The molecule has 0 fully saturated rings. The van der Waals surface area contributed by atoms with Gasteiger partial charge in [-0.1, -0.05) is 30.3 Å². The summed E-state index contributed by atoms with van der Waals surface area (Å²) < 4.78 is 34.6. The second kappa shape index (κ2) is 11.1. The number of nitrogens with one attached hydrogen (secondary N) is 2. The van der Waals surface area contributed by atoms with Gasteiger partial charge in [-0.3, -0.25) is 10.2 Å². The second-order valence-corrected chi connectivity index (χ2v) is 5.63. The number of Topliss-reactive ketones (excluding diaryl/α,β-unsaturated/α-hetero) is 1. The highest BCUT2D eigenvalue weighted by molar-refractivity contribution is 6.71. The maximum Gasteiger partial charge on any atom is 0.387 e. The summed E-state index contributed by atoms with van der Waals surface area (Å²) in [5.74, 6) is -1.14. The van der Waals surface area contributed by atoms with Crippen molar-refractivity contribution in [1.82, 2.24) is 0 Å². The Morgan fingerprint density at radius 3 is 2.47 bits per heavy atom. The number of ketones is 1. The van der Waals surface area contributed by atoms with Gasteiger partial charge in [-0.05, 0) is 36.5 Å². The fourth-order valence-corrected chi connectivity index (χ4v) is 2.29. The average molecular weight is 414 g/mol. The lowest BCUT2D eigenvalue weighted by Gasteiger charge is -2.11. The van der Waals surface area contributed by atoms with E-state index < -0.39 is 18.1 Å². The van der Waals surface area contributed by atoms with Crippen LogP contribution in [0.25, 0.3) is 0 Å². The number of anilines is 1. The molecule has 2 rings (SSSR count). The highest BCUT2D eigenvalue weighted by Crippen LogP contribution is 2.25. The number of hydrogen-bond donors (Lipinski definition) is 3. The number of carbonyl (C=O) groups is 1. The first kappa shape index (κ1) is 22.3. The van der Waals surface area contributed by atoms with Crippen LogP contribution in [0.5, 0.6) is 5.75 Å². The fourth-order valence-electron chi connectivity index (χ4n) is 2.29. The van der Waals surface area contributed by atoms with Crippen molar-refractivity contribution < 1.29 is 23.0 Å². The number of allylic oxidation sites excluding steroid dienone is 2. The van der Waals surface area contributed by atoms with Crippen LogP contribution in [0.15, 0.2) is 83.8 Å². The lowest BCUT2D eigenvalue weighted by Crippen LogP contribution is -2.25. The molecule has 0 spiro atoms. The number of carbonyl (C=O) groups excluding carboxylic acids is 1. The molecule has 0 saturated carbocycles. The normalized spacial score (nSPS) is 12.1. The third-order valence-electron chi connectivity index (χ3n) is 3.65. The molecule has 0 aliphatic rings. The number of para-hydroxylation sites is 3. The number of benzene rings is 2. The molecular weight excluding hydrogens is 394 g/mol. The lowest BCUT2D eigenvalue weighted by molar-refractivity contribution is -0.112. The Labute approximate surface area is 172 Å². The van der Waals surface area contributed by atoms with Crippen molar-refractivity contribution in [1.29, 1.82) is 5.41 Å². The lowest BCUT2D eigenvalue weighted by atomic mass is 10.1. The summed E-state index contributed by atoms with van der Waals surface area (Å²) in [7, 11) is 1.24. The molecule has 7 nitrogen and oxygen atoms in total. The second-order valence-electron chi connectivity index (χ2n) is 5.63. The van der Waals surface area contributed by atoms with Crippen molar-refractivity contribution in [3.8, 4) is 5.75 Å². The monoisotopic (exact) mass is 414 g/mol. The number of methoxy groups -OCH3 is 1. The Morgan fingerprint density at radius 1 is 1.17 bits per heavy atom. The highest BCUT2D eigenvalue weighted by atomic mass is 19.3. The molecule has 0 heterocycles. The highest BCUT2D eigenvalue weighted by Gasteiger charge is 2.20. The van der Waals surface area contributed by atoms with Gasteiger partial charge >= 0.3 is 6.61 Å². The molecular formula is C21H20F2N4O3. The van der Waals surface area contributed by atoms with Crippen molar-refractivity contribution in [3.05, 3.63) is 78.8 Å². The topological polar surface area (TPSA) is 110 Å². The predicted molar refractivity (Wildman–Crippen MR) is 111 cm³/mol. The first-order valence-electron chi connectivity index (χ1n) is 8.66. The van der Waals surface area contributed by atoms with Gasteiger partial charge in [-0.15, -0.1) is 0 Å². The van der Waals surface area contributed by atoms with Crippen LogP contribution in [0.1, 0.15) is 0 Å². The van der Waals surface area contributed by atoms with E-state index in [0.717, 1.165) is 12.4 Å². The molecule has 2 aromatic carbocycles. The van der Waals surface area contributed by atoms with Crippen LogP contribution < -0.4 is 15.8 Å². The largest absolute Gasteiger partial charge is 0.491 e. The van der Waals surface area contributed by atoms with Crippen LogP contribution in [0.2, 0.25) is 0 Å². The van der Waals surface area contributed by atoms with E-state index in [0.29, 0.717) is 5.69 Å². The van der Waals surface area contributed by atoms with Crippen LogP contribution >= 0.6 is 0 Å².